The molecule has 0 saturated carbocycles. The fraction of sp³-hybridized carbons (Fsp3) is 0.962. The van der Waals surface area contributed by atoms with Crippen molar-refractivity contribution < 1.29 is 9.22 Å². The van der Waals surface area contributed by atoms with Gasteiger partial charge in [-0.3, -0.25) is 4.79 Å². The van der Waals surface area contributed by atoms with E-state index >= 15 is 0 Å². The van der Waals surface area contributed by atoms with Crippen molar-refractivity contribution >= 4 is 14.3 Å². The zero-order chi connectivity index (χ0) is 22.7. The first-order valence-corrected chi connectivity index (χ1v) is 15.4. The van der Waals surface area contributed by atoms with Crippen molar-refractivity contribution in [2.24, 2.45) is 23.7 Å². The average molecular weight is 427 g/mol. The van der Waals surface area contributed by atoms with Gasteiger partial charge in [0.05, 0.1) is 0 Å². The molecule has 0 bridgehead atoms. The van der Waals surface area contributed by atoms with E-state index in [-0.39, 0.29) is 11.0 Å². The fourth-order valence-corrected chi connectivity index (χ4v) is 4.62. The van der Waals surface area contributed by atoms with Gasteiger partial charge in [-0.25, -0.2) is 0 Å². The third kappa shape index (κ3) is 14.3. The fourth-order valence-electron chi connectivity index (χ4n) is 3.66. The van der Waals surface area contributed by atoms with Crippen LogP contribution in [0.2, 0.25) is 18.1 Å². The zero-order valence-electron chi connectivity index (χ0n) is 21.7. The molecule has 29 heavy (non-hydrogen) atoms. The van der Waals surface area contributed by atoms with Crippen LogP contribution in [0.15, 0.2) is 0 Å². The summed E-state index contributed by atoms with van der Waals surface area (Å²) >= 11 is 0. The number of hydrogen-bond donors (Lipinski definition) is 0. The highest BCUT2D eigenvalue weighted by atomic mass is 28.4. The monoisotopic (exact) mass is 426 g/mol. The predicted octanol–water partition coefficient (Wildman–Crippen LogP) is 9.00. The van der Waals surface area contributed by atoms with Crippen LogP contribution in [0.1, 0.15) is 120 Å². The average Bonchev–Trinajstić information content (AvgIpc) is 2.52. The maximum atomic E-state index is 12.3. The summed E-state index contributed by atoms with van der Waals surface area (Å²) in [7, 11) is -1.97. The predicted molar refractivity (Wildman–Crippen MR) is 132 cm³/mol. The van der Waals surface area contributed by atoms with Gasteiger partial charge >= 0.3 is 0 Å². The van der Waals surface area contributed by atoms with E-state index in [0.717, 1.165) is 24.2 Å². The molecule has 2 nitrogen and oxygen atoms in total. The van der Waals surface area contributed by atoms with Crippen molar-refractivity contribution in [2.75, 3.05) is 0 Å². The molecule has 3 unspecified atom stereocenters. The van der Waals surface area contributed by atoms with Crippen LogP contribution < -0.4 is 0 Å². The molecule has 0 aliphatic carbocycles. The highest BCUT2D eigenvalue weighted by molar-refractivity contribution is 6.75. The van der Waals surface area contributed by atoms with E-state index in [1.165, 1.54) is 51.4 Å². The van der Waals surface area contributed by atoms with Crippen LogP contribution in [0.3, 0.4) is 0 Å². The third-order valence-corrected chi connectivity index (χ3v) is 11.3. The van der Waals surface area contributed by atoms with Gasteiger partial charge in [-0.1, -0.05) is 113 Å². The first kappa shape index (κ1) is 28.7. The van der Waals surface area contributed by atoms with Crippen molar-refractivity contribution in [3.8, 4) is 0 Å². The summed E-state index contributed by atoms with van der Waals surface area (Å²) in [5, 5.41) is 0.0905. The Morgan fingerprint density at radius 3 is 1.48 bits per heavy atom. The molecule has 0 N–H and O–H groups in total. The van der Waals surface area contributed by atoms with Crippen LogP contribution in [0.5, 0.6) is 0 Å². The summed E-state index contributed by atoms with van der Waals surface area (Å²) in [5.41, 5.74) is 0. The Morgan fingerprint density at radius 2 is 1.10 bits per heavy atom. The Morgan fingerprint density at radius 1 is 0.724 bits per heavy atom. The second-order valence-corrected chi connectivity index (χ2v) is 16.7. The van der Waals surface area contributed by atoms with Crippen LogP contribution in [0, 0.1) is 23.7 Å². The van der Waals surface area contributed by atoms with Crippen LogP contribution in [-0.4, -0.2) is 14.3 Å². The van der Waals surface area contributed by atoms with Gasteiger partial charge in [0.1, 0.15) is 0 Å². The summed E-state index contributed by atoms with van der Waals surface area (Å²) < 4.78 is 5.92. The van der Waals surface area contributed by atoms with E-state index in [1.807, 2.05) is 0 Å². The van der Waals surface area contributed by atoms with Crippen LogP contribution in [0.4, 0.5) is 0 Å². The van der Waals surface area contributed by atoms with Crippen molar-refractivity contribution in [2.45, 2.75) is 138 Å². The Labute approximate surface area is 185 Å². The molecular weight excluding hydrogens is 372 g/mol. The molecule has 0 aromatic heterocycles. The number of carbonyl (C=O) groups excluding carboxylic acids is 1. The minimum Gasteiger partial charge on any atom is -0.519 e. The Bertz CT molecular complexity index is 436. The highest BCUT2D eigenvalue weighted by Crippen LogP contribution is 2.37. The van der Waals surface area contributed by atoms with Crippen molar-refractivity contribution in [1.29, 1.82) is 0 Å². The topological polar surface area (TPSA) is 26.3 Å². The standard InChI is InChI=1S/C26H54O2Si/c1-21(2)14-11-15-22(3)16-12-17-23(4)18-13-19-24(5)20-25(27)28-29(9,10)26(6,7)8/h21-24H,11-20H2,1-10H3. The molecule has 0 saturated heterocycles. The van der Waals surface area contributed by atoms with E-state index in [9.17, 15) is 4.79 Å². The lowest BCUT2D eigenvalue weighted by Gasteiger charge is -2.35. The maximum Gasteiger partial charge on any atom is 0.292 e. The number of rotatable bonds is 15. The molecule has 3 heteroatoms. The van der Waals surface area contributed by atoms with Gasteiger partial charge in [-0.15, -0.1) is 0 Å². The van der Waals surface area contributed by atoms with Crippen molar-refractivity contribution in [3.63, 3.8) is 0 Å². The molecule has 0 aromatic carbocycles. The minimum absolute atomic E-state index is 0.0172. The maximum absolute atomic E-state index is 12.3. The van der Waals surface area contributed by atoms with Crippen LogP contribution >= 0.6 is 0 Å². The summed E-state index contributed by atoms with van der Waals surface area (Å²) in [6.45, 7) is 22.5. The molecule has 0 aliphatic heterocycles. The lowest BCUT2D eigenvalue weighted by atomic mass is 9.91. The highest BCUT2D eigenvalue weighted by Gasteiger charge is 2.40. The molecule has 0 rings (SSSR count). The molecule has 174 valence electrons. The SMILES string of the molecule is CC(C)CCCC(C)CCCC(C)CCCC(C)CC(=O)O[Si](C)(C)C(C)(C)C. The van der Waals surface area contributed by atoms with E-state index in [4.69, 9.17) is 4.43 Å². The van der Waals surface area contributed by atoms with E-state index in [1.54, 1.807) is 0 Å². The van der Waals surface area contributed by atoms with Crippen molar-refractivity contribution in [3.05, 3.63) is 0 Å². The third-order valence-electron chi connectivity index (χ3n) is 6.96. The second-order valence-electron chi connectivity index (χ2n) is 11.9. The van der Waals surface area contributed by atoms with Gasteiger partial charge in [0.15, 0.2) is 0 Å². The molecular formula is C26H54O2Si. The molecule has 0 radical (unpaired) electrons. The summed E-state index contributed by atoms with van der Waals surface area (Å²) in [4.78, 5) is 12.3. The molecule has 3 atom stereocenters. The van der Waals surface area contributed by atoms with E-state index in [0.29, 0.717) is 12.3 Å². The molecule has 0 spiro atoms. The normalized spacial score (nSPS) is 16.0. The van der Waals surface area contributed by atoms with Crippen LogP contribution in [0.25, 0.3) is 0 Å². The largest absolute Gasteiger partial charge is 0.519 e. The van der Waals surface area contributed by atoms with E-state index in [2.05, 4.69) is 68.5 Å². The first-order chi connectivity index (χ1) is 13.2. The smallest absolute Gasteiger partial charge is 0.292 e. The molecule has 0 aliphatic rings. The Hall–Kier alpha value is -0.313. The van der Waals surface area contributed by atoms with Crippen molar-refractivity contribution in [1.82, 2.24) is 0 Å². The number of carbonyl (C=O) groups is 1. The number of hydrogen-bond acceptors (Lipinski definition) is 2. The van der Waals surface area contributed by atoms with E-state index < -0.39 is 8.32 Å². The second kappa shape index (κ2) is 13.9. The summed E-state index contributed by atoms with van der Waals surface area (Å²) in [6.07, 6.45) is 12.5. The van der Waals surface area contributed by atoms with Gasteiger partial charge in [-0.2, -0.15) is 0 Å². The summed E-state index contributed by atoms with van der Waals surface area (Å²) in [5.74, 6) is 2.99. The van der Waals surface area contributed by atoms with Gasteiger partial charge in [0.25, 0.3) is 14.3 Å². The lowest BCUT2D eigenvalue weighted by molar-refractivity contribution is -0.136. The van der Waals surface area contributed by atoms with Gasteiger partial charge in [-0.05, 0) is 41.8 Å². The van der Waals surface area contributed by atoms with Gasteiger partial charge in [0.2, 0.25) is 0 Å². The van der Waals surface area contributed by atoms with Gasteiger partial charge in [0, 0.05) is 6.42 Å². The zero-order valence-corrected chi connectivity index (χ0v) is 22.7. The summed E-state index contributed by atoms with van der Waals surface area (Å²) in [6, 6.07) is 0. The minimum atomic E-state index is -1.97. The van der Waals surface area contributed by atoms with Crippen LogP contribution in [-0.2, 0) is 9.22 Å². The molecule has 0 heterocycles. The first-order valence-electron chi connectivity index (χ1n) is 12.5. The Balaban J connectivity index is 3.90. The Kier molecular flexibility index (Phi) is 13.7. The lowest BCUT2D eigenvalue weighted by Crippen LogP contribution is -2.42. The van der Waals surface area contributed by atoms with Gasteiger partial charge < -0.3 is 4.43 Å². The quantitative estimate of drug-likeness (QED) is 0.244. The molecule has 0 aromatic rings. The molecule has 0 fully saturated rings. The molecule has 0 amide bonds.